The van der Waals surface area contributed by atoms with Gasteiger partial charge in [-0.15, -0.1) is 0 Å². The molecular formula is C12H23NO. The van der Waals surface area contributed by atoms with Gasteiger partial charge in [-0.05, 0) is 44.7 Å². The minimum absolute atomic E-state index is 0.359. The second-order valence-electron chi connectivity index (χ2n) is 5.41. The second-order valence-corrected chi connectivity index (χ2v) is 5.41. The standard InChI is InChI=1S/C12H23NO/c1-11-5-4-6-12(14,9-11)10-13-7-2-3-8-13/h11,14H,2-10H2,1H3. The minimum Gasteiger partial charge on any atom is -0.389 e. The van der Waals surface area contributed by atoms with Gasteiger partial charge in [-0.3, -0.25) is 0 Å². The van der Waals surface area contributed by atoms with Gasteiger partial charge in [0.1, 0.15) is 0 Å². The maximum Gasteiger partial charge on any atom is 0.0776 e. The number of likely N-dealkylation sites (tertiary alicyclic amines) is 1. The highest BCUT2D eigenvalue weighted by Crippen LogP contribution is 2.33. The van der Waals surface area contributed by atoms with Crippen LogP contribution in [0, 0.1) is 5.92 Å². The van der Waals surface area contributed by atoms with Crippen molar-refractivity contribution in [2.75, 3.05) is 19.6 Å². The van der Waals surface area contributed by atoms with Crippen molar-refractivity contribution in [3.05, 3.63) is 0 Å². The Morgan fingerprint density at radius 3 is 2.64 bits per heavy atom. The van der Waals surface area contributed by atoms with Crippen molar-refractivity contribution in [1.29, 1.82) is 0 Å². The lowest BCUT2D eigenvalue weighted by Gasteiger charge is -2.38. The highest BCUT2D eigenvalue weighted by atomic mass is 16.3. The molecule has 0 aromatic heterocycles. The summed E-state index contributed by atoms with van der Waals surface area (Å²) in [5, 5.41) is 10.5. The van der Waals surface area contributed by atoms with Crippen LogP contribution in [0.3, 0.4) is 0 Å². The van der Waals surface area contributed by atoms with E-state index in [-0.39, 0.29) is 5.60 Å². The molecule has 1 aliphatic carbocycles. The summed E-state index contributed by atoms with van der Waals surface area (Å²) in [6.45, 7) is 5.61. The molecule has 0 aromatic rings. The number of nitrogens with zero attached hydrogens (tertiary/aromatic N) is 1. The fourth-order valence-electron chi connectivity index (χ4n) is 3.13. The van der Waals surface area contributed by atoms with Crippen LogP contribution in [0.4, 0.5) is 0 Å². The molecule has 0 aromatic carbocycles. The quantitative estimate of drug-likeness (QED) is 0.732. The summed E-state index contributed by atoms with van der Waals surface area (Å²) < 4.78 is 0. The van der Waals surface area contributed by atoms with Crippen LogP contribution in [-0.2, 0) is 0 Å². The van der Waals surface area contributed by atoms with Crippen LogP contribution in [0.25, 0.3) is 0 Å². The average molecular weight is 197 g/mol. The average Bonchev–Trinajstić information content (AvgIpc) is 2.55. The zero-order chi connectivity index (χ0) is 10.0. The highest BCUT2D eigenvalue weighted by Gasteiger charge is 2.34. The lowest BCUT2D eigenvalue weighted by molar-refractivity contribution is -0.0356. The van der Waals surface area contributed by atoms with E-state index in [1.807, 2.05) is 0 Å². The first-order valence-corrected chi connectivity index (χ1v) is 6.13. The van der Waals surface area contributed by atoms with Gasteiger partial charge >= 0.3 is 0 Å². The molecule has 0 radical (unpaired) electrons. The van der Waals surface area contributed by atoms with Gasteiger partial charge in [0.05, 0.1) is 5.60 Å². The zero-order valence-corrected chi connectivity index (χ0v) is 9.34. The first-order chi connectivity index (χ1) is 6.68. The van der Waals surface area contributed by atoms with Gasteiger partial charge < -0.3 is 10.0 Å². The van der Waals surface area contributed by atoms with Crippen molar-refractivity contribution in [1.82, 2.24) is 4.90 Å². The molecule has 82 valence electrons. The van der Waals surface area contributed by atoms with Gasteiger partial charge in [0.2, 0.25) is 0 Å². The molecule has 0 amide bonds. The molecule has 1 saturated heterocycles. The maximum atomic E-state index is 10.5. The van der Waals surface area contributed by atoms with E-state index in [4.69, 9.17) is 0 Å². The summed E-state index contributed by atoms with van der Waals surface area (Å²) in [6, 6.07) is 0. The van der Waals surface area contributed by atoms with Gasteiger partial charge in [0.25, 0.3) is 0 Å². The van der Waals surface area contributed by atoms with Crippen LogP contribution in [0.15, 0.2) is 0 Å². The SMILES string of the molecule is CC1CCCC(O)(CN2CCCC2)C1. The fourth-order valence-corrected chi connectivity index (χ4v) is 3.13. The van der Waals surface area contributed by atoms with Crippen molar-refractivity contribution < 1.29 is 5.11 Å². The Morgan fingerprint density at radius 2 is 2.00 bits per heavy atom. The molecule has 1 aliphatic heterocycles. The molecular weight excluding hydrogens is 174 g/mol. The van der Waals surface area contributed by atoms with E-state index < -0.39 is 0 Å². The normalized spacial score (nSPS) is 40.3. The smallest absolute Gasteiger partial charge is 0.0776 e. The predicted octanol–water partition coefficient (Wildman–Crippen LogP) is 2.02. The van der Waals surface area contributed by atoms with Crippen LogP contribution >= 0.6 is 0 Å². The monoisotopic (exact) mass is 197 g/mol. The van der Waals surface area contributed by atoms with E-state index >= 15 is 0 Å². The summed E-state index contributed by atoms with van der Waals surface area (Å²) in [5.74, 6) is 0.719. The third-order valence-corrected chi connectivity index (χ3v) is 3.78. The van der Waals surface area contributed by atoms with Gasteiger partial charge in [0.15, 0.2) is 0 Å². The van der Waals surface area contributed by atoms with Crippen molar-refractivity contribution in [2.24, 2.45) is 5.92 Å². The Balaban J connectivity index is 1.87. The largest absolute Gasteiger partial charge is 0.389 e. The number of β-amino-alcohol motifs (C(OH)–C–C–N with tert-alkyl or cyclic N) is 1. The molecule has 0 spiro atoms. The molecule has 2 nitrogen and oxygen atoms in total. The van der Waals surface area contributed by atoms with Crippen molar-refractivity contribution in [3.63, 3.8) is 0 Å². The summed E-state index contributed by atoms with van der Waals surface area (Å²) >= 11 is 0. The molecule has 1 N–H and O–H groups in total. The van der Waals surface area contributed by atoms with Gasteiger partial charge in [-0.1, -0.05) is 19.8 Å². The van der Waals surface area contributed by atoms with Crippen LogP contribution < -0.4 is 0 Å². The Bertz CT molecular complexity index is 189. The van der Waals surface area contributed by atoms with E-state index in [1.54, 1.807) is 0 Å². The summed E-state index contributed by atoms with van der Waals surface area (Å²) in [5.41, 5.74) is -0.359. The van der Waals surface area contributed by atoms with Gasteiger partial charge in [-0.25, -0.2) is 0 Å². The van der Waals surface area contributed by atoms with E-state index in [0.717, 1.165) is 25.3 Å². The molecule has 2 aliphatic rings. The topological polar surface area (TPSA) is 23.5 Å². The van der Waals surface area contributed by atoms with Crippen molar-refractivity contribution in [2.45, 2.75) is 51.0 Å². The molecule has 2 rings (SSSR count). The van der Waals surface area contributed by atoms with Gasteiger partial charge in [-0.2, -0.15) is 0 Å². The van der Waals surface area contributed by atoms with Crippen LogP contribution in [0.2, 0.25) is 0 Å². The minimum atomic E-state index is -0.359. The molecule has 2 unspecified atom stereocenters. The van der Waals surface area contributed by atoms with Crippen LogP contribution in [0.5, 0.6) is 0 Å². The summed E-state index contributed by atoms with van der Waals surface area (Å²) in [7, 11) is 0. The number of aliphatic hydroxyl groups is 1. The summed E-state index contributed by atoms with van der Waals surface area (Å²) in [4.78, 5) is 2.44. The first kappa shape index (κ1) is 10.4. The van der Waals surface area contributed by atoms with E-state index in [1.165, 1.54) is 38.8 Å². The number of hydrogen-bond donors (Lipinski definition) is 1. The molecule has 2 fully saturated rings. The second kappa shape index (κ2) is 4.19. The lowest BCUT2D eigenvalue weighted by Crippen LogP contribution is -2.45. The molecule has 1 heterocycles. The molecule has 2 heteroatoms. The predicted molar refractivity (Wildman–Crippen MR) is 58.3 cm³/mol. The van der Waals surface area contributed by atoms with Crippen molar-refractivity contribution in [3.8, 4) is 0 Å². The Hall–Kier alpha value is -0.0800. The first-order valence-electron chi connectivity index (χ1n) is 6.13. The Morgan fingerprint density at radius 1 is 1.29 bits per heavy atom. The van der Waals surface area contributed by atoms with E-state index in [9.17, 15) is 5.11 Å². The molecule has 1 saturated carbocycles. The van der Waals surface area contributed by atoms with Crippen LogP contribution in [-0.4, -0.2) is 35.2 Å². The summed E-state index contributed by atoms with van der Waals surface area (Å²) in [6.07, 6.45) is 7.21. The van der Waals surface area contributed by atoms with E-state index in [0.29, 0.717) is 0 Å². The Kier molecular flexibility index (Phi) is 3.13. The number of rotatable bonds is 2. The number of hydrogen-bond acceptors (Lipinski definition) is 2. The highest BCUT2D eigenvalue weighted by molar-refractivity contribution is 4.88. The lowest BCUT2D eigenvalue weighted by atomic mass is 9.78. The molecule has 0 bridgehead atoms. The van der Waals surface area contributed by atoms with E-state index in [2.05, 4.69) is 11.8 Å². The van der Waals surface area contributed by atoms with Gasteiger partial charge in [0, 0.05) is 6.54 Å². The van der Waals surface area contributed by atoms with Crippen molar-refractivity contribution >= 4 is 0 Å². The third-order valence-electron chi connectivity index (χ3n) is 3.78. The fraction of sp³-hybridized carbons (Fsp3) is 1.00. The Labute approximate surface area is 87.3 Å². The maximum absolute atomic E-state index is 10.5. The molecule has 14 heavy (non-hydrogen) atoms. The third kappa shape index (κ3) is 2.48. The van der Waals surface area contributed by atoms with Crippen LogP contribution in [0.1, 0.15) is 45.4 Å². The zero-order valence-electron chi connectivity index (χ0n) is 9.34. The molecule has 2 atom stereocenters.